The van der Waals surface area contributed by atoms with E-state index in [-0.39, 0.29) is 0 Å². The summed E-state index contributed by atoms with van der Waals surface area (Å²) in [5, 5.41) is 4.43. The van der Waals surface area contributed by atoms with Crippen LogP contribution in [0.25, 0.3) is 10.9 Å². The fraction of sp³-hybridized carbons (Fsp3) is 0.250. The Bertz CT molecular complexity index is 494. The number of para-hydroxylation sites is 1. The molecule has 0 saturated heterocycles. The van der Waals surface area contributed by atoms with Crippen LogP contribution >= 0.6 is 15.9 Å². The topological polar surface area (TPSA) is 24.9 Å². The number of anilines is 1. The molecular weight excluding hydrogens is 252 g/mol. The molecule has 0 atom stereocenters. The lowest BCUT2D eigenvalue weighted by atomic mass is 10.1. The summed E-state index contributed by atoms with van der Waals surface area (Å²) in [7, 11) is 0. The molecule has 3 heteroatoms. The summed E-state index contributed by atoms with van der Waals surface area (Å²) in [4.78, 5) is 4.61. The standard InChI is InChI=1S/C12H13BrN2/c1-3-14-12-8(2)7-9-5-4-6-10(13)11(9)15-12/h4-7H,3H2,1-2H3,(H,14,15). The van der Waals surface area contributed by atoms with Crippen molar-refractivity contribution in [3.63, 3.8) is 0 Å². The predicted molar refractivity (Wildman–Crippen MR) is 68.3 cm³/mol. The van der Waals surface area contributed by atoms with Gasteiger partial charge in [0.15, 0.2) is 0 Å². The Morgan fingerprint density at radius 1 is 1.40 bits per heavy atom. The number of aryl methyl sites for hydroxylation is 1. The molecule has 2 aromatic rings. The summed E-state index contributed by atoms with van der Waals surface area (Å²) < 4.78 is 1.04. The van der Waals surface area contributed by atoms with Gasteiger partial charge in [-0.05, 0) is 47.5 Å². The number of pyridine rings is 1. The lowest BCUT2D eigenvalue weighted by molar-refractivity contribution is 1.16. The van der Waals surface area contributed by atoms with Crippen LogP contribution in [0.4, 0.5) is 5.82 Å². The lowest BCUT2D eigenvalue weighted by Gasteiger charge is -2.08. The maximum absolute atomic E-state index is 4.61. The average Bonchev–Trinajstić information content (AvgIpc) is 2.21. The zero-order valence-corrected chi connectivity index (χ0v) is 10.4. The van der Waals surface area contributed by atoms with Gasteiger partial charge < -0.3 is 5.32 Å². The molecule has 1 N–H and O–H groups in total. The fourth-order valence-corrected chi connectivity index (χ4v) is 2.08. The van der Waals surface area contributed by atoms with Gasteiger partial charge in [0.25, 0.3) is 0 Å². The first-order valence-electron chi connectivity index (χ1n) is 5.02. The normalized spacial score (nSPS) is 10.6. The summed E-state index contributed by atoms with van der Waals surface area (Å²) >= 11 is 3.52. The largest absolute Gasteiger partial charge is 0.370 e. The first-order chi connectivity index (χ1) is 7.22. The van der Waals surface area contributed by atoms with Crippen molar-refractivity contribution >= 4 is 32.7 Å². The molecule has 0 aliphatic carbocycles. The second-order valence-corrected chi connectivity index (χ2v) is 4.35. The first-order valence-corrected chi connectivity index (χ1v) is 5.81. The van der Waals surface area contributed by atoms with Crippen LogP contribution in [0.15, 0.2) is 28.7 Å². The van der Waals surface area contributed by atoms with Gasteiger partial charge in [-0.15, -0.1) is 0 Å². The van der Waals surface area contributed by atoms with E-state index < -0.39 is 0 Å². The van der Waals surface area contributed by atoms with E-state index in [0.29, 0.717) is 0 Å². The van der Waals surface area contributed by atoms with Crippen LogP contribution in [0.1, 0.15) is 12.5 Å². The minimum atomic E-state index is 0.893. The summed E-state index contributed by atoms with van der Waals surface area (Å²) in [6.07, 6.45) is 0. The van der Waals surface area contributed by atoms with Crippen molar-refractivity contribution in [2.75, 3.05) is 11.9 Å². The van der Waals surface area contributed by atoms with Gasteiger partial charge in [-0.25, -0.2) is 4.98 Å². The van der Waals surface area contributed by atoms with Crippen LogP contribution in [-0.4, -0.2) is 11.5 Å². The minimum absolute atomic E-state index is 0.893. The Morgan fingerprint density at radius 3 is 2.93 bits per heavy atom. The fourth-order valence-electron chi connectivity index (χ4n) is 1.61. The second-order valence-electron chi connectivity index (χ2n) is 3.50. The third kappa shape index (κ3) is 1.97. The monoisotopic (exact) mass is 264 g/mol. The molecule has 15 heavy (non-hydrogen) atoms. The molecule has 0 bridgehead atoms. The van der Waals surface area contributed by atoms with Crippen LogP contribution < -0.4 is 5.32 Å². The average molecular weight is 265 g/mol. The molecule has 0 amide bonds. The van der Waals surface area contributed by atoms with E-state index in [1.165, 1.54) is 10.9 Å². The SMILES string of the molecule is CCNc1nc2c(Br)cccc2cc1C. The summed E-state index contributed by atoms with van der Waals surface area (Å²) in [6.45, 7) is 5.04. The van der Waals surface area contributed by atoms with Crippen LogP contribution in [0.5, 0.6) is 0 Å². The van der Waals surface area contributed by atoms with E-state index in [1.807, 2.05) is 12.1 Å². The smallest absolute Gasteiger partial charge is 0.129 e. The second kappa shape index (κ2) is 4.19. The number of nitrogens with zero attached hydrogens (tertiary/aromatic N) is 1. The third-order valence-electron chi connectivity index (χ3n) is 2.33. The van der Waals surface area contributed by atoms with Crippen LogP contribution in [0, 0.1) is 6.92 Å². The molecule has 1 aromatic heterocycles. The van der Waals surface area contributed by atoms with Gasteiger partial charge in [0, 0.05) is 16.4 Å². The molecular formula is C12H13BrN2. The summed E-state index contributed by atoms with van der Waals surface area (Å²) in [6, 6.07) is 8.28. The Labute approximate surface area is 97.8 Å². The van der Waals surface area contributed by atoms with Crippen molar-refractivity contribution in [3.8, 4) is 0 Å². The van der Waals surface area contributed by atoms with Crippen LogP contribution in [0.3, 0.4) is 0 Å². The number of nitrogens with one attached hydrogen (secondary N) is 1. The van der Waals surface area contributed by atoms with Crippen molar-refractivity contribution in [1.82, 2.24) is 4.98 Å². The molecule has 2 rings (SSSR count). The number of fused-ring (bicyclic) bond motifs is 1. The van der Waals surface area contributed by atoms with Crippen molar-refractivity contribution in [1.29, 1.82) is 0 Å². The van der Waals surface area contributed by atoms with E-state index in [9.17, 15) is 0 Å². The van der Waals surface area contributed by atoms with Crippen molar-refractivity contribution in [2.45, 2.75) is 13.8 Å². The molecule has 0 radical (unpaired) electrons. The van der Waals surface area contributed by atoms with Gasteiger partial charge in [-0.3, -0.25) is 0 Å². The number of benzene rings is 1. The van der Waals surface area contributed by atoms with E-state index in [1.54, 1.807) is 0 Å². The Kier molecular flexibility index (Phi) is 2.91. The lowest BCUT2D eigenvalue weighted by Crippen LogP contribution is -2.01. The van der Waals surface area contributed by atoms with E-state index in [4.69, 9.17) is 0 Å². The molecule has 1 aromatic carbocycles. The highest BCUT2D eigenvalue weighted by Gasteiger charge is 2.04. The van der Waals surface area contributed by atoms with Crippen molar-refractivity contribution in [3.05, 3.63) is 34.3 Å². The molecule has 0 spiro atoms. The van der Waals surface area contributed by atoms with Crippen molar-refractivity contribution < 1.29 is 0 Å². The molecule has 0 fully saturated rings. The van der Waals surface area contributed by atoms with Gasteiger partial charge in [0.2, 0.25) is 0 Å². The molecule has 0 aliphatic heterocycles. The predicted octanol–water partition coefficient (Wildman–Crippen LogP) is 3.74. The number of halogens is 1. The van der Waals surface area contributed by atoms with E-state index >= 15 is 0 Å². The highest BCUT2D eigenvalue weighted by Crippen LogP contribution is 2.25. The molecule has 78 valence electrons. The number of rotatable bonds is 2. The molecule has 0 aliphatic rings. The van der Waals surface area contributed by atoms with Gasteiger partial charge >= 0.3 is 0 Å². The third-order valence-corrected chi connectivity index (χ3v) is 2.97. The maximum atomic E-state index is 4.61. The molecule has 0 saturated carbocycles. The quantitative estimate of drug-likeness (QED) is 0.894. The number of aromatic nitrogens is 1. The number of hydrogen-bond donors (Lipinski definition) is 1. The summed E-state index contributed by atoms with van der Waals surface area (Å²) in [5.41, 5.74) is 2.20. The van der Waals surface area contributed by atoms with Crippen molar-refractivity contribution in [2.24, 2.45) is 0 Å². The zero-order chi connectivity index (χ0) is 10.8. The maximum Gasteiger partial charge on any atom is 0.129 e. The summed E-state index contributed by atoms with van der Waals surface area (Å²) in [5.74, 6) is 0.969. The van der Waals surface area contributed by atoms with Crippen LogP contribution in [-0.2, 0) is 0 Å². The first kappa shape index (κ1) is 10.4. The van der Waals surface area contributed by atoms with Crippen LogP contribution in [0.2, 0.25) is 0 Å². The Morgan fingerprint density at radius 2 is 2.20 bits per heavy atom. The molecule has 1 heterocycles. The highest BCUT2D eigenvalue weighted by molar-refractivity contribution is 9.10. The molecule has 2 nitrogen and oxygen atoms in total. The number of hydrogen-bond acceptors (Lipinski definition) is 2. The van der Waals surface area contributed by atoms with Gasteiger partial charge in [-0.2, -0.15) is 0 Å². The zero-order valence-electron chi connectivity index (χ0n) is 8.84. The van der Waals surface area contributed by atoms with E-state index in [0.717, 1.165) is 22.4 Å². The Balaban J connectivity index is 2.66. The van der Waals surface area contributed by atoms with Gasteiger partial charge in [0.1, 0.15) is 5.82 Å². The van der Waals surface area contributed by atoms with Gasteiger partial charge in [-0.1, -0.05) is 12.1 Å². The minimum Gasteiger partial charge on any atom is -0.370 e. The Hall–Kier alpha value is -1.09. The van der Waals surface area contributed by atoms with E-state index in [2.05, 4.69) is 52.2 Å². The highest BCUT2D eigenvalue weighted by atomic mass is 79.9. The molecule has 0 unspecified atom stereocenters. The van der Waals surface area contributed by atoms with Gasteiger partial charge in [0.05, 0.1) is 5.52 Å².